The molecule has 3 aliphatic rings. The summed E-state index contributed by atoms with van der Waals surface area (Å²) in [6.45, 7) is 5.64. The van der Waals surface area contributed by atoms with Gasteiger partial charge in [-0.1, -0.05) is 43.7 Å². The lowest BCUT2D eigenvalue weighted by Crippen LogP contribution is -2.59. The smallest absolute Gasteiger partial charge is 0.312 e. The molecule has 1 unspecified atom stereocenters. The summed E-state index contributed by atoms with van der Waals surface area (Å²) < 4.78 is 11.7. The zero-order valence-electron chi connectivity index (χ0n) is 20.2. The zero-order valence-corrected chi connectivity index (χ0v) is 20.2. The van der Waals surface area contributed by atoms with Crippen molar-refractivity contribution in [2.45, 2.75) is 82.7 Å². The second-order valence-electron chi connectivity index (χ2n) is 9.78. The first kappa shape index (κ1) is 24.7. The van der Waals surface area contributed by atoms with Crippen LogP contribution in [0.3, 0.4) is 0 Å². The predicted molar refractivity (Wildman–Crippen MR) is 125 cm³/mol. The summed E-state index contributed by atoms with van der Waals surface area (Å²) in [6, 6.07) is 8.00. The monoisotopic (exact) mass is 472 g/mol. The number of nitrogens with zero attached hydrogens (tertiary/aromatic N) is 1. The largest absolute Gasteiger partial charge is 0.466 e. The van der Waals surface area contributed by atoms with Crippen molar-refractivity contribution in [1.29, 1.82) is 0 Å². The maximum Gasteiger partial charge on any atom is 0.312 e. The Morgan fingerprint density at radius 1 is 1.29 bits per heavy atom. The molecule has 8 heteroatoms. The Kier molecular flexibility index (Phi) is 7.28. The molecule has 3 heterocycles. The van der Waals surface area contributed by atoms with E-state index in [2.05, 4.69) is 12.2 Å². The number of aliphatic hydroxyl groups excluding tert-OH is 1. The van der Waals surface area contributed by atoms with Crippen LogP contribution in [0.2, 0.25) is 0 Å². The van der Waals surface area contributed by atoms with E-state index < -0.39 is 41.6 Å². The SMILES string of the molecule is CCCC(C)NC(=O)[C@H]1N([C@@H](CO)Cc2ccccc2)C(=O)[C@@H]2[C@@H](C(=O)OCC)[C@H]3CC[C@]21O3. The number of carbonyl (C=O) groups is 3. The van der Waals surface area contributed by atoms with E-state index in [1.54, 1.807) is 6.92 Å². The molecule has 2 bridgehead atoms. The maximum absolute atomic E-state index is 14.0. The number of hydrogen-bond donors (Lipinski definition) is 2. The molecule has 3 aliphatic heterocycles. The lowest BCUT2D eigenvalue weighted by molar-refractivity contribution is -0.155. The number of hydrogen-bond acceptors (Lipinski definition) is 6. The second-order valence-corrected chi connectivity index (χ2v) is 9.78. The van der Waals surface area contributed by atoms with Gasteiger partial charge in [0, 0.05) is 6.04 Å². The van der Waals surface area contributed by atoms with Gasteiger partial charge in [-0.05, 0) is 45.1 Å². The molecule has 0 saturated carbocycles. The van der Waals surface area contributed by atoms with Crippen molar-refractivity contribution in [2.24, 2.45) is 11.8 Å². The van der Waals surface area contributed by atoms with Gasteiger partial charge in [0.05, 0.1) is 37.2 Å². The topological polar surface area (TPSA) is 105 Å². The maximum atomic E-state index is 14.0. The summed E-state index contributed by atoms with van der Waals surface area (Å²) in [5, 5.41) is 13.4. The third kappa shape index (κ3) is 4.11. The highest BCUT2D eigenvalue weighted by Crippen LogP contribution is 2.59. The van der Waals surface area contributed by atoms with Crippen LogP contribution in [0.25, 0.3) is 0 Å². The van der Waals surface area contributed by atoms with Gasteiger partial charge < -0.3 is 24.8 Å². The molecule has 0 radical (unpaired) electrons. The third-order valence-corrected chi connectivity index (χ3v) is 7.57. The molecule has 186 valence electrons. The number of fused-ring (bicyclic) bond motifs is 1. The summed E-state index contributed by atoms with van der Waals surface area (Å²) in [7, 11) is 0. The van der Waals surface area contributed by atoms with Crippen LogP contribution in [0.15, 0.2) is 30.3 Å². The second kappa shape index (κ2) is 10.0. The molecule has 7 atom stereocenters. The van der Waals surface area contributed by atoms with Crippen molar-refractivity contribution in [3.63, 3.8) is 0 Å². The first-order chi connectivity index (χ1) is 16.4. The molecule has 1 spiro atoms. The van der Waals surface area contributed by atoms with Crippen molar-refractivity contribution in [2.75, 3.05) is 13.2 Å². The van der Waals surface area contributed by atoms with Gasteiger partial charge in [0.15, 0.2) is 0 Å². The fourth-order valence-corrected chi connectivity index (χ4v) is 6.25. The Balaban J connectivity index is 1.72. The lowest BCUT2D eigenvalue weighted by atomic mass is 9.70. The van der Waals surface area contributed by atoms with Gasteiger partial charge in [0.2, 0.25) is 11.8 Å². The minimum Gasteiger partial charge on any atom is -0.466 e. The number of carbonyl (C=O) groups excluding carboxylic acids is 3. The molecule has 8 nitrogen and oxygen atoms in total. The van der Waals surface area contributed by atoms with Crippen molar-refractivity contribution in [3.05, 3.63) is 35.9 Å². The summed E-state index contributed by atoms with van der Waals surface area (Å²) >= 11 is 0. The molecule has 2 N–H and O–H groups in total. The molecule has 2 amide bonds. The van der Waals surface area contributed by atoms with Crippen molar-refractivity contribution < 1.29 is 29.0 Å². The van der Waals surface area contributed by atoms with Crippen LogP contribution < -0.4 is 5.32 Å². The molecule has 3 saturated heterocycles. The first-order valence-corrected chi connectivity index (χ1v) is 12.5. The molecule has 1 aromatic carbocycles. The van der Waals surface area contributed by atoms with Crippen LogP contribution in [0.1, 0.15) is 52.0 Å². The number of rotatable bonds is 10. The van der Waals surface area contributed by atoms with Gasteiger partial charge >= 0.3 is 5.97 Å². The number of nitrogens with one attached hydrogen (secondary N) is 1. The summed E-state index contributed by atoms with van der Waals surface area (Å²) in [5.41, 5.74) is -0.131. The molecule has 0 aromatic heterocycles. The third-order valence-electron chi connectivity index (χ3n) is 7.57. The molecule has 3 fully saturated rings. The normalized spacial score (nSPS) is 31.3. The Bertz CT molecular complexity index is 908. The summed E-state index contributed by atoms with van der Waals surface area (Å²) in [5.74, 6) is -2.55. The number of aliphatic hydroxyl groups is 1. The lowest BCUT2D eigenvalue weighted by Gasteiger charge is -2.37. The quantitative estimate of drug-likeness (QED) is 0.504. The van der Waals surface area contributed by atoms with Crippen molar-refractivity contribution in [3.8, 4) is 0 Å². The van der Waals surface area contributed by atoms with Crippen LogP contribution in [-0.4, -0.2) is 70.8 Å². The average Bonchev–Trinajstić information content (AvgIpc) is 3.46. The Labute approximate surface area is 201 Å². The van der Waals surface area contributed by atoms with Crippen LogP contribution in [0.5, 0.6) is 0 Å². The highest BCUT2D eigenvalue weighted by atomic mass is 16.6. The minimum atomic E-state index is -1.08. The standard InChI is InChI=1S/C26H36N2O6/c1-4-9-16(3)27-23(30)22-26-13-12-19(34-26)20(25(32)33-5-2)21(26)24(31)28(22)18(15-29)14-17-10-7-6-8-11-17/h6-8,10-11,16,18-22,29H,4-5,9,12-15H2,1-3H3,(H,27,30)/t16?,18-,19-,20+,21+,22-,26+/m1/s1. The van der Waals surface area contributed by atoms with Gasteiger partial charge in [0.25, 0.3) is 0 Å². The van der Waals surface area contributed by atoms with Crippen molar-refractivity contribution in [1.82, 2.24) is 10.2 Å². The average molecular weight is 473 g/mol. The van der Waals surface area contributed by atoms with Crippen molar-refractivity contribution >= 4 is 17.8 Å². The van der Waals surface area contributed by atoms with Gasteiger partial charge in [-0.3, -0.25) is 14.4 Å². The van der Waals surface area contributed by atoms with E-state index in [4.69, 9.17) is 9.47 Å². The molecule has 34 heavy (non-hydrogen) atoms. The highest BCUT2D eigenvalue weighted by Gasteiger charge is 2.75. The fourth-order valence-electron chi connectivity index (χ4n) is 6.25. The van der Waals surface area contributed by atoms with E-state index in [9.17, 15) is 19.5 Å². The molecule has 4 rings (SSSR count). The van der Waals surface area contributed by atoms with Gasteiger partial charge in [-0.2, -0.15) is 0 Å². The van der Waals surface area contributed by atoms with Gasteiger partial charge in [-0.25, -0.2) is 0 Å². The number of amides is 2. The Morgan fingerprint density at radius 2 is 2.03 bits per heavy atom. The summed E-state index contributed by atoms with van der Waals surface area (Å²) in [4.78, 5) is 42.0. The van der Waals surface area contributed by atoms with E-state index in [-0.39, 0.29) is 31.1 Å². The number of benzene rings is 1. The molecular weight excluding hydrogens is 436 g/mol. The number of ether oxygens (including phenoxy) is 2. The van der Waals surface area contributed by atoms with E-state index in [1.165, 1.54) is 4.90 Å². The Hall–Kier alpha value is -2.45. The number of esters is 1. The predicted octanol–water partition coefficient (Wildman–Crippen LogP) is 1.83. The highest BCUT2D eigenvalue weighted by molar-refractivity contribution is 5.98. The van der Waals surface area contributed by atoms with Gasteiger partial charge in [0.1, 0.15) is 11.6 Å². The van der Waals surface area contributed by atoms with Crippen LogP contribution in [0.4, 0.5) is 0 Å². The first-order valence-electron chi connectivity index (χ1n) is 12.5. The van der Waals surface area contributed by atoms with E-state index in [1.807, 2.05) is 37.3 Å². The minimum absolute atomic E-state index is 0.0638. The van der Waals surface area contributed by atoms with E-state index in [0.717, 1.165) is 18.4 Å². The number of likely N-dealkylation sites (tertiary alicyclic amines) is 1. The molecular formula is C26H36N2O6. The zero-order chi connectivity index (χ0) is 24.5. The molecule has 1 aromatic rings. The Morgan fingerprint density at radius 3 is 2.68 bits per heavy atom. The van der Waals surface area contributed by atoms with Crippen LogP contribution in [-0.2, 0) is 30.3 Å². The van der Waals surface area contributed by atoms with Crippen LogP contribution >= 0.6 is 0 Å². The summed E-state index contributed by atoms with van der Waals surface area (Å²) in [6.07, 6.45) is 2.81. The van der Waals surface area contributed by atoms with Gasteiger partial charge in [-0.15, -0.1) is 0 Å². The molecule has 0 aliphatic carbocycles. The van der Waals surface area contributed by atoms with Crippen LogP contribution in [0, 0.1) is 11.8 Å². The van der Waals surface area contributed by atoms with E-state index in [0.29, 0.717) is 19.3 Å². The van der Waals surface area contributed by atoms with E-state index >= 15 is 0 Å². The fraction of sp³-hybridized carbons (Fsp3) is 0.654.